The number of rotatable bonds is 4. The molecule has 1 N–H and O–H groups in total. The molecule has 0 amide bonds. The van der Waals surface area contributed by atoms with Gasteiger partial charge in [-0.3, -0.25) is 4.90 Å². The van der Waals surface area contributed by atoms with Crippen LogP contribution in [0.15, 0.2) is 47.2 Å². The third kappa shape index (κ3) is 3.48. The fourth-order valence-corrected chi connectivity index (χ4v) is 3.59. The summed E-state index contributed by atoms with van der Waals surface area (Å²) in [4.78, 5) is 2.64. The van der Waals surface area contributed by atoms with Crippen LogP contribution in [0.3, 0.4) is 0 Å². The second-order valence-electron chi connectivity index (χ2n) is 5.71. The summed E-state index contributed by atoms with van der Waals surface area (Å²) in [5.41, 5.74) is 2.88. The van der Waals surface area contributed by atoms with Crippen LogP contribution >= 0.6 is 11.3 Å². The lowest BCUT2D eigenvalue weighted by molar-refractivity contribution is 0.127. The average Bonchev–Trinajstić information content (AvgIpc) is 2.96. The van der Waals surface area contributed by atoms with Gasteiger partial charge in [0.25, 0.3) is 0 Å². The van der Waals surface area contributed by atoms with Crippen LogP contribution in [0.25, 0.3) is 0 Å². The van der Waals surface area contributed by atoms with Gasteiger partial charge in [0.05, 0.1) is 0 Å². The van der Waals surface area contributed by atoms with E-state index in [4.69, 9.17) is 0 Å². The van der Waals surface area contributed by atoms with Gasteiger partial charge in [0.1, 0.15) is 0 Å². The molecule has 3 heteroatoms. The fourth-order valence-electron chi connectivity index (χ4n) is 2.93. The lowest BCUT2D eigenvalue weighted by Crippen LogP contribution is -2.55. The summed E-state index contributed by atoms with van der Waals surface area (Å²) < 4.78 is 0. The summed E-state index contributed by atoms with van der Waals surface area (Å²) in [7, 11) is 0. The summed E-state index contributed by atoms with van der Waals surface area (Å²) in [6.07, 6.45) is 1.13. The van der Waals surface area contributed by atoms with Crippen LogP contribution in [-0.2, 0) is 13.0 Å². The van der Waals surface area contributed by atoms with Crippen LogP contribution < -0.4 is 5.32 Å². The largest absolute Gasteiger partial charge is 0.311 e. The first-order valence-electron chi connectivity index (χ1n) is 7.33. The Morgan fingerprint density at radius 2 is 2.05 bits per heavy atom. The van der Waals surface area contributed by atoms with Gasteiger partial charge >= 0.3 is 0 Å². The zero-order chi connectivity index (χ0) is 13.8. The Bertz CT molecular complexity index is 509. The first-order chi connectivity index (χ1) is 9.81. The molecule has 0 aliphatic carbocycles. The molecule has 3 rings (SSSR count). The normalized spacial score (nSPS) is 23.9. The molecule has 1 aliphatic rings. The Balaban J connectivity index is 1.69. The molecule has 1 aliphatic heterocycles. The predicted molar refractivity (Wildman–Crippen MR) is 86.1 cm³/mol. The Morgan fingerprint density at radius 3 is 2.80 bits per heavy atom. The number of thiophene rings is 1. The monoisotopic (exact) mass is 286 g/mol. The number of nitrogens with one attached hydrogen (secondary N) is 1. The molecule has 2 atom stereocenters. The van der Waals surface area contributed by atoms with Gasteiger partial charge in [-0.15, -0.1) is 0 Å². The van der Waals surface area contributed by atoms with Gasteiger partial charge < -0.3 is 5.32 Å². The van der Waals surface area contributed by atoms with E-state index >= 15 is 0 Å². The number of benzene rings is 1. The number of hydrogen-bond acceptors (Lipinski definition) is 3. The lowest BCUT2D eigenvalue weighted by atomic mass is 10.0. The van der Waals surface area contributed by atoms with E-state index < -0.39 is 0 Å². The zero-order valence-corrected chi connectivity index (χ0v) is 12.8. The third-order valence-electron chi connectivity index (χ3n) is 4.01. The van der Waals surface area contributed by atoms with Crippen molar-refractivity contribution < 1.29 is 0 Å². The highest BCUT2D eigenvalue weighted by Gasteiger charge is 2.25. The van der Waals surface area contributed by atoms with Crippen molar-refractivity contribution >= 4 is 11.3 Å². The maximum atomic E-state index is 3.62. The molecular weight excluding hydrogens is 264 g/mol. The van der Waals surface area contributed by atoms with Crippen LogP contribution in [0, 0.1) is 0 Å². The molecule has 106 valence electrons. The maximum absolute atomic E-state index is 3.62. The highest BCUT2D eigenvalue weighted by Crippen LogP contribution is 2.17. The van der Waals surface area contributed by atoms with Crippen molar-refractivity contribution in [3.8, 4) is 0 Å². The molecule has 1 saturated heterocycles. The molecule has 0 bridgehead atoms. The van der Waals surface area contributed by atoms with Crippen molar-refractivity contribution in [3.05, 3.63) is 58.3 Å². The minimum absolute atomic E-state index is 0.584. The van der Waals surface area contributed by atoms with Crippen molar-refractivity contribution in [1.82, 2.24) is 10.2 Å². The van der Waals surface area contributed by atoms with Gasteiger partial charge in [-0.05, 0) is 41.3 Å². The SMILES string of the molecule is CC1CN(Cc2ccsc2)C(Cc2ccccc2)CN1. The van der Waals surface area contributed by atoms with Gasteiger partial charge in [-0.1, -0.05) is 30.3 Å². The highest BCUT2D eigenvalue weighted by molar-refractivity contribution is 7.07. The van der Waals surface area contributed by atoms with Crippen molar-refractivity contribution in [1.29, 1.82) is 0 Å². The Morgan fingerprint density at radius 1 is 1.20 bits per heavy atom. The van der Waals surface area contributed by atoms with Crippen LogP contribution in [0.4, 0.5) is 0 Å². The topological polar surface area (TPSA) is 15.3 Å². The summed E-state index contributed by atoms with van der Waals surface area (Å²) in [5, 5.41) is 8.07. The van der Waals surface area contributed by atoms with E-state index in [9.17, 15) is 0 Å². The van der Waals surface area contributed by atoms with Crippen LogP contribution in [0.1, 0.15) is 18.1 Å². The molecule has 2 unspecified atom stereocenters. The first-order valence-corrected chi connectivity index (χ1v) is 8.28. The molecule has 1 aromatic heterocycles. The Hall–Kier alpha value is -1.16. The van der Waals surface area contributed by atoms with Crippen molar-refractivity contribution in [2.75, 3.05) is 13.1 Å². The maximum Gasteiger partial charge on any atom is 0.0265 e. The minimum Gasteiger partial charge on any atom is -0.311 e. The molecule has 0 radical (unpaired) electrons. The standard InChI is InChI=1S/C17H22N2S/c1-14-11-19(12-16-7-8-20-13-16)17(10-18-14)9-15-5-3-2-4-6-15/h2-8,13-14,17-18H,9-12H2,1H3. The number of piperazine rings is 1. The van der Waals surface area contributed by atoms with Gasteiger partial charge in [-0.25, -0.2) is 0 Å². The second kappa shape index (κ2) is 6.53. The zero-order valence-electron chi connectivity index (χ0n) is 12.0. The van der Waals surface area contributed by atoms with Gasteiger partial charge in [0, 0.05) is 31.7 Å². The van der Waals surface area contributed by atoms with Crippen molar-refractivity contribution in [2.24, 2.45) is 0 Å². The summed E-state index contributed by atoms with van der Waals surface area (Å²) in [5.74, 6) is 0. The van der Waals surface area contributed by atoms with E-state index in [2.05, 4.69) is 64.3 Å². The molecule has 20 heavy (non-hydrogen) atoms. The average molecular weight is 286 g/mol. The van der Waals surface area contributed by atoms with Crippen LogP contribution in [0.5, 0.6) is 0 Å². The minimum atomic E-state index is 0.584. The number of hydrogen-bond donors (Lipinski definition) is 1. The van der Waals surface area contributed by atoms with E-state index in [1.54, 1.807) is 11.3 Å². The molecule has 2 nitrogen and oxygen atoms in total. The molecule has 2 aromatic rings. The number of nitrogens with zero attached hydrogens (tertiary/aromatic N) is 1. The Kier molecular flexibility index (Phi) is 4.51. The fraction of sp³-hybridized carbons (Fsp3) is 0.412. The van der Waals surface area contributed by atoms with Gasteiger partial charge in [-0.2, -0.15) is 11.3 Å². The van der Waals surface area contributed by atoms with E-state index in [1.165, 1.54) is 11.1 Å². The Labute approximate surface area is 125 Å². The highest BCUT2D eigenvalue weighted by atomic mass is 32.1. The van der Waals surface area contributed by atoms with Crippen LogP contribution in [0.2, 0.25) is 0 Å². The van der Waals surface area contributed by atoms with E-state index in [0.717, 1.165) is 26.1 Å². The molecule has 0 spiro atoms. The predicted octanol–water partition coefficient (Wildman–Crippen LogP) is 3.15. The van der Waals surface area contributed by atoms with Crippen molar-refractivity contribution in [3.63, 3.8) is 0 Å². The van der Waals surface area contributed by atoms with Gasteiger partial charge in [0.2, 0.25) is 0 Å². The second-order valence-corrected chi connectivity index (χ2v) is 6.49. The van der Waals surface area contributed by atoms with Crippen molar-refractivity contribution in [2.45, 2.75) is 32.0 Å². The van der Waals surface area contributed by atoms with Gasteiger partial charge in [0.15, 0.2) is 0 Å². The first kappa shape index (κ1) is 13.8. The molecule has 0 saturated carbocycles. The van der Waals surface area contributed by atoms with Crippen LogP contribution in [-0.4, -0.2) is 30.1 Å². The summed E-state index contributed by atoms with van der Waals surface area (Å²) in [6.45, 7) is 5.57. The molecular formula is C17H22N2S. The third-order valence-corrected chi connectivity index (χ3v) is 4.74. The van der Waals surface area contributed by atoms with E-state index in [0.29, 0.717) is 12.1 Å². The molecule has 2 heterocycles. The molecule has 1 fully saturated rings. The van der Waals surface area contributed by atoms with E-state index in [1.807, 2.05) is 0 Å². The lowest BCUT2D eigenvalue weighted by Gasteiger charge is -2.39. The summed E-state index contributed by atoms with van der Waals surface area (Å²) >= 11 is 1.79. The quantitative estimate of drug-likeness (QED) is 0.929. The smallest absolute Gasteiger partial charge is 0.0265 e. The van der Waals surface area contributed by atoms with E-state index in [-0.39, 0.29) is 0 Å². The molecule has 1 aromatic carbocycles. The summed E-state index contributed by atoms with van der Waals surface area (Å²) in [6, 6.07) is 14.3.